The third kappa shape index (κ3) is 1.65. The number of aromatic nitrogens is 2. The lowest BCUT2D eigenvalue weighted by molar-refractivity contribution is 0.269. The molecule has 3 rings (SSSR count). The van der Waals surface area contributed by atoms with Gasteiger partial charge in [-0.05, 0) is 56.2 Å². The number of imidazole rings is 1. The van der Waals surface area contributed by atoms with Crippen LogP contribution in [-0.2, 0) is 5.54 Å². The van der Waals surface area contributed by atoms with E-state index in [0.29, 0.717) is 0 Å². The monoisotopic (exact) mass is 283 g/mol. The fraction of sp³-hybridized carbons (Fsp3) is 0.462. The van der Waals surface area contributed by atoms with E-state index in [1.165, 1.54) is 0 Å². The molecule has 0 amide bonds. The van der Waals surface area contributed by atoms with Gasteiger partial charge in [0.1, 0.15) is 5.82 Å². The first-order valence-corrected chi connectivity index (χ1v) is 6.83. The van der Waals surface area contributed by atoms with Gasteiger partial charge in [-0.3, -0.25) is 0 Å². The molecule has 1 aliphatic heterocycles. The van der Waals surface area contributed by atoms with Gasteiger partial charge in [0, 0.05) is 11.6 Å². The maximum atomic E-state index is 6.30. The zero-order chi connectivity index (χ0) is 12.9. The molecule has 2 heterocycles. The minimum absolute atomic E-state index is 0.209. The van der Waals surface area contributed by atoms with Gasteiger partial charge < -0.3 is 4.98 Å². The summed E-state index contributed by atoms with van der Waals surface area (Å²) in [6, 6.07) is 3.87. The van der Waals surface area contributed by atoms with Crippen LogP contribution in [0.15, 0.2) is 12.1 Å². The topological polar surface area (TPSA) is 31.9 Å². The zero-order valence-electron chi connectivity index (χ0n) is 10.4. The summed E-state index contributed by atoms with van der Waals surface area (Å²) < 4.78 is 1.85. The quantitative estimate of drug-likeness (QED) is 0.803. The molecule has 1 aliphatic rings. The van der Waals surface area contributed by atoms with Gasteiger partial charge in [0.05, 0.1) is 16.6 Å². The number of aromatic amines is 1. The van der Waals surface area contributed by atoms with Crippen LogP contribution in [0.25, 0.3) is 11.0 Å². The lowest BCUT2D eigenvalue weighted by atomic mass is 10.00. The van der Waals surface area contributed by atoms with Crippen LogP contribution in [0.5, 0.6) is 0 Å². The number of halogens is 2. The molecule has 1 N–H and O–H groups in total. The molecule has 5 heteroatoms. The fourth-order valence-electron chi connectivity index (χ4n) is 2.61. The molecule has 0 spiro atoms. The van der Waals surface area contributed by atoms with Crippen LogP contribution in [0.4, 0.5) is 0 Å². The van der Waals surface area contributed by atoms with Crippen LogP contribution < -0.4 is 0 Å². The molecule has 0 unspecified atom stereocenters. The SMILES string of the molecule is Cc1c(Cl)ccc2[nH]c([C@]3(C)CCCN3Cl)nc12. The number of rotatable bonds is 1. The second-order valence-electron chi connectivity index (χ2n) is 5.12. The maximum Gasteiger partial charge on any atom is 0.128 e. The van der Waals surface area contributed by atoms with Crippen LogP contribution in [-0.4, -0.2) is 20.9 Å². The lowest BCUT2D eigenvalue weighted by Gasteiger charge is -2.27. The number of hydrogen-bond acceptors (Lipinski definition) is 2. The number of nitrogens with zero attached hydrogens (tertiary/aromatic N) is 2. The van der Waals surface area contributed by atoms with E-state index in [-0.39, 0.29) is 5.54 Å². The van der Waals surface area contributed by atoms with Crippen molar-refractivity contribution in [3.05, 3.63) is 28.5 Å². The molecule has 0 bridgehead atoms. The van der Waals surface area contributed by atoms with Gasteiger partial charge in [0.15, 0.2) is 0 Å². The molecule has 0 radical (unpaired) electrons. The van der Waals surface area contributed by atoms with Gasteiger partial charge in [-0.15, -0.1) is 0 Å². The predicted molar refractivity (Wildman–Crippen MR) is 75.0 cm³/mol. The number of H-pyrrole nitrogens is 1. The van der Waals surface area contributed by atoms with Gasteiger partial charge in [-0.2, -0.15) is 0 Å². The fourth-order valence-corrected chi connectivity index (χ4v) is 3.04. The van der Waals surface area contributed by atoms with Gasteiger partial charge in [0.25, 0.3) is 0 Å². The summed E-state index contributed by atoms with van der Waals surface area (Å²) in [6.45, 7) is 5.02. The number of fused-ring (bicyclic) bond motifs is 1. The van der Waals surface area contributed by atoms with E-state index >= 15 is 0 Å². The van der Waals surface area contributed by atoms with Gasteiger partial charge >= 0.3 is 0 Å². The summed E-state index contributed by atoms with van der Waals surface area (Å²) >= 11 is 12.4. The Kier molecular flexibility index (Phi) is 2.81. The smallest absolute Gasteiger partial charge is 0.128 e. The van der Waals surface area contributed by atoms with E-state index in [9.17, 15) is 0 Å². The van der Waals surface area contributed by atoms with Crippen LogP contribution >= 0.6 is 23.4 Å². The molecular formula is C13H15Cl2N3. The first-order chi connectivity index (χ1) is 8.52. The minimum atomic E-state index is -0.209. The zero-order valence-corrected chi connectivity index (χ0v) is 11.9. The number of benzene rings is 1. The Morgan fingerprint density at radius 1 is 1.44 bits per heavy atom. The number of aryl methyl sites for hydroxylation is 1. The molecule has 0 aliphatic carbocycles. The molecule has 96 valence electrons. The van der Waals surface area contributed by atoms with E-state index in [2.05, 4.69) is 11.9 Å². The highest BCUT2D eigenvalue weighted by Crippen LogP contribution is 2.39. The molecule has 18 heavy (non-hydrogen) atoms. The van der Waals surface area contributed by atoms with Gasteiger partial charge in [-0.25, -0.2) is 9.40 Å². The Labute approximate surface area is 116 Å². The van der Waals surface area contributed by atoms with Gasteiger partial charge in [0.2, 0.25) is 0 Å². The summed E-state index contributed by atoms with van der Waals surface area (Å²) in [5, 5.41) is 0.750. The molecule has 1 fully saturated rings. The van der Waals surface area contributed by atoms with Crippen molar-refractivity contribution in [1.82, 2.24) is 14.4 Å². The largest absolute Gasteiger partial charge is 0.340 e. The number of nitrogens with one attached hydrogen (secondary N) is 1. The van der Waals surface area contributed by atoms with Crippen molar-refractivity contribution in [2.75, 3.05) is 6.54 Å². The Hall–Kier alpha value is -0.770. The molecule has 0 saturated carbocycles. The Bertz CT molecular complexity index is 608. The molecule has 1 aromatic heterocycles. The average molecular weight is 284 g/mol. The Morgan fingerprint density at radius 3 is 2.89 bits per heavy atom. The van der Waals surface area contributed by atoms with E-state index in [4.69, 9.17) is 28.4 Å². The lowest BCUT2D eigenvalue weighted by Crippen LogP contribution is -2.32. The van der Waals surface area contributed by atoms with Crippen molar-refractivity contribution < 1.29 is 0 Å². The van der Waals surface area contributed by atoms with Crippen LogP contribution in [0.1, 0.15) is 31.2 Å². The van der Waals surface area contributed by atoms with Crippen LogP contribution in [0.3, 0.4) is 0 Å². The summed E-state index contributed by atoms with van der Waals surface area (Å²) in [7, 11) is 0. The predicted octanol–water partition coefficient (Wildman–Crippen LogP) is 3.99. The molecule has 1 aromatic carbocycles. The molecule has 1 atom stereocenters. The van der Waals surface area contributed by atoms with Crippen molar-refractivity contribution in [2.24, 2.45) is 0 Å². The van der Waals surface area contributed by atoms with Crippen LogP contribution in [0.2, 0.25) is 5.02 Å². The van der Waals surface area contributed by atoms with Crippen molar-refractivity contribution in [3.63, 3.8) is 0 Å². The van der Waals surface area contributed by atoms with Crippen molar-refractivity contribution in [3.8, 4) is 0 Å². The highest BCUT2D eigenvalue weighted by Gasteiger charge is 2.40. The average Bonchev–Trinajstić information content (AvgIpc) is 2.91. The highest BCUT2D eigenvalue weighted by atomic mass is 35.5. The standard InChI is InChI=1S/C13H15Cl2N3/c1-8-9(14)4-5-10-11(8)17-12(16-10)13(2)6-3-7-18(13)15/h4-5H,3,6-7H2,1-2H3,(H,16,17)/t13-/m0/s1. The van der Waals surface area contributed by atoms with E-state index in [0.717, 1.165) is 46.8 Å². The first-order valence-electron chi connectivity index (χ1n) is 6.11. The van der Waals surface area contributed by atoms with E-state index in [1.54, 1.807) is 0 Å². The summed E-state index contributed by atoms with van der Waals surface area (Å²) in [6.07, 6.45) is 2.11. The van der Waals surface area contributed by atoms with Crippen molar-refractivity contribution >= 4 is 34.4 Å². The Balaban J connectivity index is 2.17. The summed E-state index contributed by atoms with van der Waals surface area (Å²) in [5.41, 5.74) is 2.76. The maximum absolute atomic E-state index is 6.30. The van der Waals surface area contributed by atoms with Gasteiger partial charge in [-0.1, -0.05) is 11.6 Å². The highest BCUT2D eigenvalue weighted by molar-refractivity contribution is 6.32. The normalized spacial score (nSPS) is 25.1. The molecule has 3 nitrogen and oxygen atoms in total. The minimum Gasteiger partial charge on any atom is -0.340 e. The van der Waals surface area contributed by atoms with Crippen molar-refractivity contribution in [1.29, 1.82) is 0 Å². The molecule has 2 aromatic rings. The van der Waals surface area contributed by atoms with Crippen molar-refractivity contribution in [2.45, 2.75) is 32.2 Å². The third-order valence-electron chi connectivity index (χ3n) is 3.91. The second kappa shape index (κ2) is 4.12. The molecular weight excluding hydrogens is 269 g/mol. The first kappa shape index (κ1) is 12.3. The summed E-state index contributed by atoms with van der Waals surface area (Å²) in [5.74, 6) is 0.926. The molecule has 1 saturated heterocycles. The van der Waals surface area contributed by atoms with Crippen LogP contribution in [0, 0.1) is 6.92 Å². The second-order valence-corrected chi connectivity index (χ2v) is 5.93. The number of hydrogen-bond donors (Lipinski definition) is 1. The van der Waals surface area contributed by atoms with E-state index in [1.807, 2.05) is 23.5 Å². The van der Waals surface area contributed by atoms with E-state index < -0.39 is 0 Å². The summed E-state index contributed by atoms with van der Waals surface area (Å²) in [4.78, 5) is 8.09. The third-order valence-corrected chi connectivity index (χ3v) is 4.86. The Morgan fingerprint density at radius 2 is 2.22 bits per heavy atom.